The third kappa shape index (κ3) is 4.21. The van der Waals surface area contributed by atoms with E-state index in [4.69, 9.17) is 0 Å². The standard InChI is InChI=1S/C13H16N4O2S2/c1-4-9-8(3)15-13(17-11(9)19)21-6-10(18)16-12-14-7(2)5-20-12/h5,9H,4,6H2,1-3H3,(H,14,16,18). The van der Waals surface area contributed by atoms with E-state index in [2.05, 4.69) is 20.3 Å². The highest BCUT2D eigenvalue weighted by Crippen LogP contribution is 2.19. The summed E-state index contributed by atoms with van der Waals surface area (Å²) >= 11 is 2.54. The van der Waals surface area contributed by atoms with Crippen LogP contribution in [0, 0.1) is 12.8 Å². The molecular formula is C13H16N4O2S2. The molecule has 0 aliphatic carbocycles. The number of hydrogen-bond donors (Lipinski definition) is 1. The molecular weight excluding hydrogens is 308 g/mol. The molecule has 112 valence electrons. The quantitative estimate of drug-likeness (QED) is 0.922. The van der Waals surface area contributed by atoms with Gasteiger partial charge in [0.2, 0.25) is 5.91 Å². The smallest absolute Gasteiger partial charge is 0.256 e. The molecule has 0 bridgehead atoms. The number of thioether (sulfide) groups is 1. The van der Waals surface area contributed by atoms with E-state index in [1.54, 1.807) is 0 Å². The number of aromatic nitrogens is 1. The second-order valence-electron chi connectivity index (χ2n) is 4.58. The van der Waals surface area contributed by atoms with E-state index < -0.39 is 0 Å². The topological polar surface area (TPSA) is 83.8 Å². The molecule has 1 aliphatic rings. The molecule has 0 radical (unpaired) electrons. The number of nitrogens with one attached hydrogen (secondary N) is 1. The van der Waals surface area contributed by atoms with Gasteiger partial charge in [0.15, 0.2) is 10.3 Å². The maximum absolute atomic E-state index is 11.8. The van der Waals surface area contributed by atoms with Crippen LogP contribution in [0.2, 0.25) is 0 Å². The van der Waals surface area contributed by atoms with E-state index in [1.165, 1.54) is 11.3 Å². The zero-order valence-corrected chi connectivity index (χ0v) is 13.7. The Hall–Kier alpha value is -1.54. The molecule has 6 nitrogen and oxygen atoms in total. The number of aliphatic imine (C=N–C) groups is 2. The molecule has 0 saturated carbocycles. The minimum absolute atomic E-state index is 0.151. The van der Waals surface area contributed by atoms with Crippen LogP contribution >= 0.6 is 23.1 Å². The van der Waals surface area contributed by atoms with Crippen molar-refractivity contribution < 1.29 is 9.59 Å². The van der Waals surface area contributed by atoms with Crippen LogP contribution in [0.4, 0.5) is 5.13 Å². The summed E-state index contributed by atoms with van der Waals surface area (Å²) in [6.45, 7) is 5.61. The number of carbonyl (C=O) groups is 2. The van der Waals surface area contributed by atoms with Crippen LogP contribution in [0.5, 0.6) is 0 Å². The van der Waals surface area contributed by atoms with Gasteiger partial charge in [0.05, 0.1) is 17.4 Å². The van der Waals surface area contributed by atoms with Crippen molar-refractivity contribution in [2.24, 2.45) is 15.9 Å². The second-order valence-corrected chi connectivity index (χ2v) is 6.38. The number of anilines is 1. The number of aryl methyl sites for hydroxylation is 1. The number of carbonyl (C=O) groups excluding carboxylic acids is 2. The van der Waals surface area contributed by atoms with E-state index in [1.807, 2.05) is 26.2 Å². The Morgan fingerprint density at radius 3 is 2.76 bits per heavy atom. The molecule has 0 aromatic carbocycles. The third-order valence-corrected chi connectivity index (χ3v) is 4.61. The molecule has 2 amide bonds. The van der Waals surface area contributed by atoms with Gasteiger partial charge in [0, 0.05) is 11.1 Å². The van der Waals surface area contributed by atoms with Gasteiger partial charge in [-0.15, -0.1) is 11.3 Å². The maximum Gasteiger partial charge on any atom is 0.256 e. The highest BCUT2D eigenvalue weighted by molar-refractivity contribution is 8.14. The summed E-state index contributed by atoms with van der Waals surface area (Å²) in [7, 11) is 0. The molecule has 0 saturated heterocycles. The van der Waals surface area contributed by atoms with Crippen LogP contribution in [0.15, 0.2) is 15.4 Å². The number of hydrogen-bond acceptors (Lipinski definition) is 6. The monoisotopic (exact) mass is 324 g/mol. The van der Waals surface area contributed by atoms with Gasteiger partial charge in [-0.1, -0.05) is 18.7 Å². The van der Waals surface area contributed by atoms with Crippen molar-refractivity contribution >= 4 is 50.9 Å². The Morgan fingerprint density at radius 2 is 2.19 bits per heavy atom. The minimum Gasteiger partial charge on any atom is -0.301 e. The molecule has 0 fully saturated rings. The average molecular weight is 324 g/mol. The van der Waals surface area contributed by atoms with Crippen LogP contribution in [0.25, 0.3) is 0 Å². The molecule has 1 N–H and O–H groups in total. The van der Waals surface area contributed by atoms with E-state index in [9.17, 15) is 9.59 Å². The molecule has 2 heterocycles. The second kappa shape index (κ2) is 6.95. The lowest BCUT2D eigenvalue weighted by molar-refractivity contribution is -0.119. The van der Waals surface area contributed by atoms with Gasteiger partial charge < -0.3 is 5.32 Å². The molecule has 21 heavy (non-hydrogen) atoms. The van der Waals surface area contributed by atoms with Gasteiger partial charge in [0.25, 0.3) is 5.91 Å². The predicted molar refractivity (Wildman–Crippen MR) is 87.3 cm³/mol. The summed E-state index contributed by atoms with van der Waals surface area (Å²) in [5, 5.41) is 5.50. The van der Waals surface area contributed by atoms with E-state index in [-0.39, 0.29) is 23.5 Å². The molecule has 1 unspecified atom stereocenters. The van der Waals surface area contributed by atoms with Crippen LogP contribution in [-0.2, 0) is 9.59 Å². The lowest BCUT2D eigenvalue weighted by atomic mass is 10.0. The van der Waals surface area contributed by atoms with Gasteiger partial charge >= 0.3 is 0 Å². The number of rotatable bonds is 4. The summed E-state index contributed by atoms with van der Waals surface area (Å²) in [5.74, 6) is -0.432. The summed E-state index contributed by atoms with van der Waals surface area (Å²) < 4.78 is 0. The lowest BCUT2D eigenvalue weighted by Gasteiger charge is -2.15. The fourth-order valence-corrected chi connectivity index (χ4v) is 3.24. The number of amides is 2. The fraction of sp³-hybridized carbons (Fsp3) is 0.462. The Bertz CT molecular complexity index is 621. The first-order valence-electron chi connectivity index (χ1n) is 6.52. The van der Waals surface area contributed by atoms with E-state index >= 15 is 0 Å². The van der Waals surface area contributed by atoms with Gasteiger partial charge in [0.1, 0.15) is 0 Å². The Balaban J connectivity index is 1.88. The normalized spacial score (nSPS) is 18.2. The largest absolute Gasteiger partial charge is 0.301 e. The first kappa shape index (κ1) is 15.8. The molecule has 0 spiro atoms. The highest BCUT2D eigenvalue weighted by Gasteiger charge is 2.24. The first-order chi connectivity index (χ1) is 9.99. The van der Waals surface area contributed by atoms with Crippen molar-refractivity contribution in [2.75, 3.05) is 11.1 Å². The van der Waals surface area contributed by atoms with Crippen molar-refractivity contribution in [1.82, 2.24) is 4.98 Å². The Kier molecular flexibility index (Phi) is 5.24. The third-order valence-electron chi connectivity index (χ3n) is 2.89. The van der Waals surface area contributed by atoms with Crippen molar-refractivity contribution in [2.45, 2.75) is 27.2 Å². The Labute approximate surface area is 131 Å². The molecule has 1 aromatic rings. The molecule has 1 atom stereocenters. The maximum atomic E-state index is 11.8. The van der Waals surface area contributed by atoms with Crippen molar-refractivity contribution in [3.63, 3.8) is 0 Å². The van der Waals surface area contributed by atoms with Crippen molar-refractivity contribution in [3.05, 3.63) is 11.1 Å². The van der Waals surface area contributed by atoms with Crippen LogP contribution < -0.4 is 5.32 Å². The summed E-state index contributed by atoms with van der Waals surface area (Å²) in [5.41, 5.74) is 1.63. The first-order valence-corrected chi connectivity index (χ1v) is 8.38. The average Bonchev–Trinajstić information content (AvgIpc) is 2.81. The molecule has 2 rings (SSSR count). The van der Waals surface area contributed by atoms with Crippen molar-refractivity contribution in [1.29, 1.82) is 0 Å². The van der Waals surface area contributed by atoms with Gasteiger partial charge in [-0.25, -0.2) is 9.98 Å². The van der Waals surface area contributed by atoms with Crippen LogP contribution in [0.3, 0.4) is 0 Å². The van der Waals surface area contributed by atoms with Crippen molar-refractivity contribution in [3.8, 4) is 0 Å². The zero-order valence-electron chi connectivity index (χ0n) is 12.0. The van der Waals surface area contributed by atoms with E-state index in [0.717, 1.165) is 23.2 Å². The number of thiazole rings is 1. The summed E-state index contributed by atoms with van der Waals surface area (Å²) in [4.78, 5) is 36.0. The lowest BCUT2D eigenvalue weighted by Crippen LogP contribution is -2.25. The number of amidine groups is 1. The highest BCUT2D eigenvalue weighted by atomic mass is 32.2. The van der Waals surface area contributed by atoms with Gasteiger partial charge in [-0.2, -0.15) is 4.99 Å². The fourth-order valence-electron chi connectivity index (χ4n) is 1.84. The van der Waals surface area contributed by atoms with Gasteiger partial charge in [-0.3, -0.25) is 9.59 Å². The Morgan fingerprint density at radius 1 is 1.43 bits per heavy atom. The summed E-state index contributed by atoms with van der Waals surface area (Å²) in [6.07, 6.45) is 0.694. The number of nitrogens with zero attached hydrogens (tertiary/aromatic N) is 3. The zero-order chi connectivity index (χ0) is 15.4. The molecule has 8 heteroatoms. The van der Waals surface area contributed by atoms with Crippen LogP contribution in [0.1, 0.15) is 26.0 Å². The van der Waals surface area contributed by atoms with Crippen LogP contribution in [-0.4, -0.2) is 33.4 Å². The van der Waals surface area contributed by atoms with E-state index in [0.29, 0.717) is 16.7 Å². The SMILES string of the molecule is CCC1C(=O)N=C(SCC(=O)Nc2nc(C)cs2)N=C1C. The molecule has 1 aromatic heterocycles. The molecule has 1 aliphatic heterocycles. The predicted octanol–water partition coefficient (Wildman–Crippen LogP) is 2.51. The van der Waals surface area contributed by atoms with Gasteiger partial charge in [-0.05, 0) is 20.3 Å². The summed E-state index contributed by atoms with van der Waals surface area (Å²) in [6, 6.07) is 0. The minimum atomic E-state index is -0.221.